The quantitative estimate of drug-likeness (QED) is 0.649. The highest BCUT2D eigenvalue weighted by Crippen LogP contribution is 2.23. The van der Waals surface area contributed by atoms with Gasteiger partial charge < -0.3 is 10.5 Å². The second-order valence-corrected chi connectivity index (χ2v) is 5.58. The van der Waals surface area contributed by atoms with Crippen LogP contribution in [0.4, 0.5) is 5.69 Å². The lowest BCUT2D eigenvalue weighted by molar-refractivity contribution is 0.217. The molecule has 0 aliphatic rings. The van der Waals surface area contributed by atoms with Crippen LogP contribution in [0.3, 0.4) is 0 Å². The monoisotopic (exact) mass is 248 g/mol. The molecule has 1 aromatic rings. The normalized spacial score (nSPS) is 14.4. The molecule has 0 saturated heterocycles. The largest absolute Gasteiger partial charge is 0.491 e. The van der Waals surface area contributed by atoms with E-state index in [1.807, 2.05) is 45.0 Å². The van der Waals surface area contributed by atoms with Gasteiger partial charge in [-0.25, -0.2) is 4.99 Å². The molecule has 0 saturated carbocycles. The van der Waals surface area contributed by atoms with Crippen molar-refractivity contribution < 1.29 is 4.74 Å². The minimum absolute atomic E-state index is 0.117. The maximum absolute atomic E-state index is 5.97. The number of hydrogen-bond acceptors (Lipinski definition) is 2. The average molecular weight is 248 g/mol. The van der Waals surface area contributed by atoms with E-state index < -0.39 is 0 Å². The van der Waals surface area contributed by atoms with Gasteiger partial charge in [-0.1, -0.05) is 33.8 Å². The van der Waals surface area contributed by atoms with Gasteiger partial charge in [0.25, 0.3) is 0 Å². The fraction of sp³-hybridized carbons (Fsp3) is 0.533. The summed E-state index contributed by atoms with van der Waals surface area (Å²) in [6.07, 6.45) is 1.20. The van der Waals surface area contributed by atoms with Crippen LogP contribution in [-0.2, 0) is 0 Å². The molecule has 3 heteroatoms. The summed E-state index contributed by atoms with van der Waals surface area (Å²) >= 11 is 0. The number of benzene rings is 1. The predicted molar refractivity (Wildman–Crippen MR) is 77.6 cm³/mol. The van der Waals surface area contributed by atoms with Crippen molar-refractivity contribution in [2.45, 2.75) is 47.1 Å². The molecule has 0 radical (unpaired) electrons. The van der Waals surface area contributed by atoms with Crippen molar-refractivity contribution in [3.8, 4) is 5.75 Å². The number of aliphatic imine (C=N–C) groups is 1. The Morgan fingerprint density at radius 3 is 2.61 bits per heavy atom. The molecular weight excluding hydrogens is 224 g/mol. The number of nitrogens with zero attached hydrogens (tertiary/aromatic N) is 1. The van der Waals surface area contributed by atoms with E-state index >= 15 is 0 Å². The minimum atomic E-state index is -0.117. The maximum atomic E-state index is 5.97. The van der Waals surface area contributed by atoms with Crippen molar-refractivity contribution in [3.63, 3.8) is 0 Å². The van der Waals surface area contributed by atoms with Crippen molar-refractivity contribution >= 4 is 11.5 Å². The Hall–Kier alpha value is -1.51. The first-order valence-electron chi connectivity index (χ1n) is 6.44. The van der Waals surface area contributed by atoms with E-state index in [9.17, 15) is 0 Å². The molecule has 0 aliphatic heterocycles. The van der Waals surface area contributed by atoms with Crippen molar-refractivity contribution in [1.82, 2.24) is 0 Å². The topological polar surface area (TPSA) is 47.6 Å². The summed E-state index contributed by atoms with van der Waals surface area (Å²) in [7, 11) is 0. The summed E-state index contributed by atoms with van der Waals surface area (Å²) in [5.41, 5.74) is 6.69. The summed E-state index contributed by atoms with van der Waals surface area (Å²) in [6.45, 7) is 10.3. The van der Waals surface area contributed by atoms with E-state index in [1.54, 1.807) is 0 Å². The Labute approximate surface area is 110 Å². The molecule has 2 N–H and O–H groups in total. The molecule has 0 aromatic heterocycles. The number of amidine groups is 1. The summed E-state index contributed by atoms with van der Waals surface area (Å²) in [5.74, 6) is 1.47. The van der Waals surface area contributed by atoms with Gasteiger partial charge in [0.05, 0.1) is 11.8 Å². The van der Waals surface area contributed by atoms with Gasteiger partial charge in [-0.15, -0.1) is 0 Å². The van der Waals surface area contributed by atoms with E-state index in [2.05, 4.69) is 18.8 Å². The lowest BCUT2D eigenvalue weighted by Gasteiger charge is -2.17. The van der Waals surface area contributed by atoms with Crippen LogP contribution in [0.2, 0.25) is 0 Å². The molecule has 0 heterocycles. The Morgan fingerprint density at radius 1 is 1.39 bits per heavy atom. The summed E-state index contributed by atoms with van der Waals surface area (Å²) in [5, 5.41) is 0. The van der Waals surface area contributed by atoms with Crippen LogP contribution in [-0.4, -0.2) is 11.9 Å². The number of rotatable bonds is 4. The average Bonchev–Trinajstić information content (AvgIpc) is 2.28. The zero-order valence-electron chi connectivity index (χ0n) is 12.0. The highest BCUT2D eigenvalue weighted by atomic mass is 16.5. The Bertz CT molecular complexity index is 419. The standard InChI is InChI=1S/C15H24N2O/c1-6-11(2)18-13-9-7-8-12(10-13)17-14(16)15(3,4)5/h7-11H,6H2,1-5H3,(H2,16,17). The van der Waals surface area contributed by atoms with Gasteiger partial charge in [-0.05, 0) is 25.5 Å². The van der Waals surface area contributed by atoms with Gasteiger partial charge in [-0.3, -0.25) is 0 Å². The van der Waals surface area contributed by atoms with Crippen molar-refractivity contribution in [2.24, 2.45) is 16.1 Å². The van der Waals surface area contributed by atoms with E-state index in [0.717, 1.165) is 17.9 Å². The first kappa shape index (κ1) is 14.6. The highest BCUT2D eigenvalue weighted by Gasteiger charge is 2.15. The minimum Gasteiger partial charge on any atom is -0.491 e. The molecule has 0 amide bonds. The number of ether oxygens (including phenoxy) is 1. The van der Waals surface area contributed by atoms with Crippen LogP contribution in [0.25, 0.3) is 0 Å². The zero-order chi connectivity index (χ0) is 13.8. The Kier molecular flexibility index (Phi) is 4.76. The van der Waals surface area contributed by atoms with E-state index in [1.165, 1.54) is 0 Å². The van der Waals surface area contributed by atoms with Gasteiger partial charge in [0, 0.05) is 11.5 Å². The highest BCUT2D eigenvalue weighted by molar-refractivity contribution is 5.87. The molecule has 0 bridgehead atoms. The molecule has 1 rings (SSSR count). The fourth-order valence-electron chi connectivity index (χ4n) is 1.25. The second-order valence-electron chi connectivity index (χ2n) is 5.58. The van der Waals surface area contributed by atoms with Crippen LogP contribution in [0.15, 0.2) is 29.3 Å². The lowest BCUT2D eigenvalue weighted by atomic mass is 9.95. The van der Waals surface area contributed by atoms with Crippen LogP contribution < -0.4 is 10.5 Å². The molecule has 0 fully saturated rings. The van der Waals surface area contributed by atoms with Gasteiger partial charge >= 0.3 is 0 Å². The SMILES string of the molecule is CCC(C)Oc1cccc(N=C(N)C(C)(C)C)c1. The van der Waals surface area contributed by atoms with Gasteiger partial charge in [0.2, 0.25) is 0 Å². The zero-order valence-corrected chi connectivity index (χ0v) is 12.0. The van der Waals surface area contributed by atoms with E-state index in [4.69, 9.17) is 10.5 Å². The molecule has 18 heavy (non-hydrogen) atoms. The van der Waals surface area contributed by atoms with E-state index in [0.29, 0.717) is 5.84 Å². The second kappa shape index (κ2) is 5.89. The van der Waals surface area contributed by atoms with Crippen LogP contribution >= 0.6 is 0 Å². The Morgan fingerprint density at radius 2 is 2.06 bits per heavy atom. The third kappa shape index (κ3) is 4.40. The van der Waals surface area contributed by atoms with Gasteiger partial charge in [-0.2, -0.15) is 0 Å². The molecule has 0 spiro atoms. The maximum Gasteiger partial charge on any atom is 0.121 e. The third-order valence-corrected chi connectivity index (χ3v) is 2.75. The third-order valence-electron chi connectivity index (χ3n) is 2.75. The molecule has 100 valence electrons. The first-order chi connectivity index (χ1) is 8.32. The van der Waals surface area contributed by atoms with Crippen molar-refractivity contribution in [2.75, 3.05) is 0 Å². The van der Waals surface area contributed by atoms with Crippen LogP contribution in [0.1, 0.15) is 41.0 Å². The van der Waals surface area contributed by atoms with Crippen molar-refractivity contribution in [1.29, 1.82) is 0 Å². The lowest BCUT2D eigenvalue weighted by Crippen LogP contribution is -2.28. The van der Waals surface area contributed by atoms with Crippen LogP contribution in [0, 0.1) is 5.41 Å². The van der Waals surface area contributed by atoms with Gasteiger partial charge in [0.1, 0.15) is 11.6 Å². The van der Waals surface area contributed by atoms with Gasteiger partial charge in [0.15, 0.2) is 0 Å². The molecule has 1 unspecified atom stereocenters. The molecular formula is C15H24N2O. The Balaban J connectivity index is 2.89. The first-order valence-corrected chi connectivity index (χ1v) is 6.44. The summed E-state index contributed by atoms with van der Waals surface area (Å²) in [6, 6.07) is 7.73. The number of hydrogen-bond donors (Lipinski definition) is 1. The van der Waals surface area contributed by atoms with Crippen LogP contribution in [0.5, 0.6) is 5.75 Å². The molecule has 1 atom stereocenters. The van der Waals surface area contributed by atoms with Crippen molar-refractivity contribution in [3.05, 3.63) is 24.3 Å². The summed E-state index contributed by atoms with van der Waals surface area (Å²) in [4.78, 5) is 4.44. The summed E-state index contributed by atoms with van der Waals surface area (Å²) < 4.78 is 5.76. The molecule has 0 aliphatic carbocycles. The molecule has 3 nitrogen and oxygen atoms in total. The van der Waals surface area contributed by atoms with E-state index in [-0.39, 0.29) is 11.5 Å². The smallest absolute Gasteiger partial charge is 0.121 e. The predicted octanol–water partition coefficient (Wildman–Crippen LogP) is 3.90. The fourth-order valence-corrected chi connectivity index (χ4v) is 1.25. The number of nitrogens with two attached hydrogens (primary N) is 1. The molecule has 1 aromatic carbocycles.